The van der Waals surface area contributed by atoms with Gasteiger partial charge in [-0.05, 0) is 87.6 Å². The molecule has 2 rings (SSSR count). The number of aliphatic hydroxyl groups excluding tert-OH is 1. The van der Waals surface area contributed by atoms with Crippen molar-refractivity contribution in [1.29, 1.82) is 0 Å². The fraction of sp³-hybridized carbons (Fsp3) is 0.400. The molecule has 6 heteroatoms. The normalized spacial score (nSPS) is 11.5. The molecule has 0 aliphatic carbocycles. The molecule has 0 spiro atoms. The minimum absolute atomic E-state index is 0.230. The van der Waals surface area contributed by atoms with Gasteiger partial charge in [0.25, 0.3) is 10.0 Å². The van der Waals surface area contributed by atoms with Crippen LogP contribution in [0.2, 0.25) is 0 Å². The molecule has 0 unspecified atom stereocenters. The maximum absolute atomic E-state index is 13.1. The summed E-state index contributed by atoms with van der Waals surface area (Å²) < 4.78 is 34.2. The Labute approximate surface area is 156 Å². The molecule has 0 aromatic heterocycles. The maximum Gasteiger partial charge on any atom is 0.262 e. The van der Waals surface area contributed by atoms with Gasteiger partial charge in [0.2, 0.25) is 0 Å². The second-order valence-electron chi connectivity index (χ2n) is 6.47. The zero-order valence-corrected chi connectivity index (χ0v) is 17.0. The highest BCUT2D eigenvalue weighted by molar-refractivity contribution is 7.92. The Morgan fingerprint density at radius 1 is 0.962 bits per heavy atom. The monoisotopic (exact) mass is 377 g/mol. The molecule has 0 fully saturated rings. The molecule has 5 nitrogen and oxygen atoms in total. The quantitative estimate of drug-likeness (QED) is 0.800. The molecule has 0 atom stereocenters. The van der Waals surface area contributed by atoms with Crippen molar-refractivity contribution >= 4 is 15.7 Å². The van der Waals surface area contributed by atoms with Crippen LogP contribution in [0.3, 0.4) is 0 Å². The van der Waals surface area contributed by atoms with E-state index in [1.54, 1.807) is 18.2 Å². The van der Waals surface area contributed by atoms with Crippen LogP contribution >= 0.6 is 0 Å². The van der Waals surface area contributed by atoms with Crippen molar-refractivity contribution in [3.05, 3.63) is 51.6 Å². The Hall–Kier alpha value is -2.05. The molecule has 0 radical (unpaired) electrons. The van der Waals surface area contributed by atoms with Crippen LogP contribution in [0.1, 0.15) is 40.3 Å². The van der Waals surface area contributed by atoms with E-state index >= 15 is 0 Å². The zero-order chi connectivity index (χ0) is 19.6. The zero-order valence-electron chi connectivity index (χ0n) is 16.2. The highest BCUT2D eigenvalue weighted by Crippen LogP contribution is 2.31. The van der Waals surface area contributed by atoms with E-state index in [2.05, 4.69) is 4.72 Å². The Kier molecular flexibility index (Phi) is 5.98. The largest absolute Gasteiger partial charge is 0.494 e. The van der Waals surface area contributed by atoms with Crippen molar-refractivity contribution in [3.63, 3.8) is 0 Å². The van der Waals surface area contributed by atoms with Gasteiger partial charge in [-0.25, -0.2) is 8.42 Å². The van der Waals surface area contributed by atoms with E-state index in [9.17, 15) is 13.5 Å². The van der Waals surface area contributed by atoms with Crippen molar-refractivity contribution in [2.24, 2.45) is 0 Å². The molecular weight excluding hydrogens is 350 g/mol. The van der Waals surface area contributed by atoms with Gasteiger partial charge in [0.05, 0.1) is 18.1 Å². The van der Waals surface area contributed by atoms with E-state index < -0.39 is 10.0 Å². The SMILES string of the molecule is CCOc1ccc(NS(=O)(=O)c2c(C)c(C)c(C)c(C)c2C)cc1CO. The first-order valence-corrected chi connectivity index (χ1v) is 10.1. The first kappa shape index (κ1) is 20.3. The van der Waals surface area contributed by atoms with Gasteiger partial charge in [0.15, 0.2) is 0 Å². The van der Waals surface area contributed by atoms with Gasteiger partial charge >= 0.3 is 0 Å². The Bertz CT molecular complexity index is 904. The summed E-state index contributed by atoms with van der Waals surface area (Å²) in [4.78, 5) is 0.317. The molecule has 26 heavy (non-hydrogen) atoms. The summed E-state index contributed by atoms with van der Waals surface area (Å²) in [6, 6.07) is 4.90. The molecule has 0 saturated heterocycles. The highest BCUT2D eigenvalue weighted by Gasteiger charge is 2.24. The lowest BCUT2D eigenvalue weighted by molar-refractivity contribution is 0.267. The Morgan fingerprint density at radius 2 is 1.50 bits per heavy atom. The van der Waals surface area contributed by atoms with Crippen LogP contribution < -0.4 is 9.46 Å². The number of benzene rings is 2. The molecule has 0 amide bonds. The van der Waals surface area contributed by atoms with E-state index in [-0.39, 0.29) is 6.61 Å². The van der Waals surface area contributed by atoms with Gasteiger partial charge in [-0.1, -0.05) is 0 Å². The van der Waals surface area contributed by atoms with E-state index in [1.807, 2.05) is 41.5 Å². The molecule has 0 aliphatic rings. The fourth-order valence-corrected chi connectivity index (χ4v) is 4.79. The van der Waals surface area contributed by atoms with Crippen LogP contribution in [-0.2, 0) is 16.6 Å². The summed E-state index contributed by atoms with van der Waals surface area (Å²) in [5, 5.41) is 9.52. The number of sulfonamides is 1. The van der Waals surface area contributed by atoms with Crippen molar-refractivity contribution in [2.75, 3.05) is 11.3 Å². The summed E-state index contributed by atoms with van der Waals surface area (Å²) in [7, 11) is -3.76. The lowest BCUT2D eigenvalue weighted by Crippen LogP contribution is -2.18. The summed E-state index contributed by atoms with van der Waals surface area (Å²) in [5.41, 5.74) is 5.52. The summed E-state index contributed by atoms with van der Waals surface area (Å²) in [6.07, 6.45) is 0. The number of hydrogen-bond acceptors (Lipinski definition) is 4. The summed E-state index contributed by atoms with van der Waals surface area (Å²) in [6.45, 7) is 11.7. The minimum atomic E-state index is -3.76. The van der Waals surface area contributed by atoms with Crippen LogP contribution in [0, 0.1) is 34.6 Å². The van der Waals surface area contributed by atoms with Crippen LogP contribution in [0.5, 0.6) is 5.75 Å². The average molecular weight is 378 g/mol. The van der Waals surface area contributed by atoms with E-state index in [4.69, 9.17) is 4.74 Å². The van der Waals surface area contributed by atoms with Crippen LogP contribution in [0.25, 0.3) is 0 Å². The molecule has 0 heterocycles. The smallest absolute Gasteiger partial charge is 0.262 e. The van der Waals surface area contributed by atoms with Crippen molar-refractivity contribution in [2.45, 2.75) is 53.0 Å². The van der Waals surface area contributed by atoms with Gasteiger partial charge in [0, 0.05) is 11.3 Å². The second-order valence-corrected chi connectivity index (χ2v) is 8.09. The third kappa shape index (κ3) is 3.71. The summed E-state index contributed by atoms with van der Waals surface area (Å²) in [5.74, 6) is 0.548. The molecule has 142 valence electrons. The lowest BCUT2D eigenvalue weighted by atomic mass is 9.95. The molecular formula is C20H27NO4S. The number of anilines is 1. The van der Waals surface area contributed by atoms with Crippen molar-refractivity contribution in [3.8, 4) is 5.75 Å². The van der Waals surface area contributed by atoms with Gasteiger partial charge in [-0.2, -0.15) is 0 Å². The Balaban J connectivity index is 2.51. The molecule has 0 bridgehead atoms. The first-order chi connectivity index (χ1) is 12.1. The Morgan fingerprint density at radius 3 is 2.00 bits per heavy atom. The number of nitrogens with one attached hydrogen (secondary N) is 1. The van der Waals surface area contributed by atoms with E-state index in [1.165, 1.54) is 0 Å². The number of rotatable bonds is 6. The molecule has 2 aromatic rings. The standard InChI is InChI=1S/C20H27NO4S/c1-7-25-19-9-8-18(10-17(19)11-22)21-26(23,24)20-15(5)13(3)12(2)14(4)16(20)6/h8-10,21-22H,7,11H2,1-6H3. The van der Waals surface area contributed by atoms with Crippen LogP contribution in [0.4, 0.5) is 5.69 Å². The van der Waals surface area contributed by atoms with Crippen LogP contribution in [-0.4, -0.2) is 20.1 Å². The third-order valence-electron chi connectivity index (χ3n) is 4.98. The predicted molar refractivity (Wildman–Crippen MR) is 104 cm³/mol. The van der Waals surface area contributed by atoms with E-state index in [0.29, 0.717) is 28.5 Å². The van der Waals surface area contributed by atoms with Crippen molar-refractivity contribution in [1.82, 2.24) is 0 Å². The third-order valence-corrected chi connectivity index (χ3v) is 6.64. The van der Waals surface area contributed by atoms with Gasteiger partial charge in [-0.3, -0.25) is 4.72 Å². The van der Waals surface area contributed by atoms with Crippen LogP contribution in [0.15, 0.2) is 23.1 Å². The van der Waals surface area contributed by atoms with Gasteiger partial charge < -0.3 is 9.84 Å². The number of hydrogen-bond donors (Lipinski definition) is 2. The number of aliphatic hydroxyl groups is 1. The summed E-state index contributed by atoms with van der Waals surface area (Å²) >= 11 is 0. The first-order valence-electron chi connectivity index (χ1n) is 8.60. The van der Waals surface area contributed by atoms with E-state index in [0.717, 1.165) is 27.8 Å². The van der Waals surface area contributed by atoms with Gasteiger partial charge in [-0.15, -0.1) is 0 Å². The molecule has 0 saturated carbocycles. The highest BCUT2D eigenvalue weighted by atomic mass is 32.2. The fourth-order valence-electron chi connectivity index (χ4n) is 3.14. The molecule has 0 aliphatic heterocycles. The van der Waals surface area contributed by atoms with Crippen molar-refractivity contribution < 1.29 is 18.3 Å². The van der Waals surface area contributed by atoms with Gasteiger partial charge in [0.1, 0.15) is 5.75 Å². The average Bonchev–Trinajstić information content (AvgIpc) is 2.59. The lowest BCUT2D eigenvalue weighted by Gasteiger charge is -2.20. The predicted octanol–water partition coefficient (Wildman–Crippen LogP) is 3.92. The molecule has 2 N–H and O–H groups in total. The maximum atomic E-state index is 13.1. The molecule has 2 aromatic carbocycles. The topological polar surface area (TPSA) is 75.6 Å². The minimum Gasteiger partial charge on any atom is -0.494 e. The number of ether oxygens (including phenoxy) is 1. The second kappa shape index (κ2) is 7.68.